The average molecular weight is 290 g/mol. The molecule has 2 N–H and O–H groups in total. The number of aliphatic carboxylic acids is 1. The fourth-order valence-corrected chi connectivity index (χ4v) is 3.20. The zero-order valence-electron chi connectivity index (χ0n) is 12.3. The highest BCUT2D eigenvalue weighted by Gasteiger charge is 2.38. The van der Waals surface area contributed by atoms with Crippen molar-refractivity contribution in [2.24, 2.45) is 5.41 Å². The molecule has 0 aromatic carbocycles. The fraction of sp³-hybridized carbons (Fsp3) is 0.562. The molecular weight excluding hydrogens is 268 g/mol. The lowest BCUT2D eigenvalue weighted by Crippen LogP contribution is -2.33. The zero-order valence-corrected chi connectivity index (χ0v) is 12.3. The third-order valence-electron chi connectivity index (χ3n) is 4.23. The second kappa shape index (κ2) is 6.70. The van der Waals surface area contributed by atoms with Crippen molar-refractivity contribution in [2.75, 3.05) is 0 Å². The van der Waals surface area contributed by atoms with E-state index in [0.717, 1.165) is 31.4 Å². The van der Waals surface area contributed by atoms with Crippen LogP contribution in [0.2, 0.25) is 0 Å². The molecule has 0 spiro atoms. The number of carbonyl (C=O) groups is 2. The van der Waals surface area contributed by atoms with Gasteiger partial charge in [0.1, 0.15) is 0 Å². The van der Waals surface area contributed by atoms with Crippen LogP contribution in [0.15, 0.2) is 24.4 Å². The minimum atomic E-state index is -0.817. The molecule has 5 nitrogen and oxygen atoms in total. The maximum absolute atomic E-state index is 12.2. The van der Waals surface area contributed by atoms with Gasteiger partial charge >= 0.3 is 5.97 Å². The summed E-state index contributed by atoms with van der Waals surface area (Å²) in [5, 5.41) is 12.0. The molecule has 1 saturated carbocycles. The van der Waals surface area contributed by atoms with Crippen molar-refractivity contribution in [3.05, 3.63) is 30.1 Å². The number of aromatic nitrogens is 1. The van der Waals surface area contributed by atoms with Gasteiger partial charge in [-0.25, -0.2) is 0 Å². The van der Waals surface area contributed by atoms with E-state index in [-0.39, 0.29) is 30.2 Å². The Balaban J connectivity index is 1.95. The molecule has 1 aromatic heterocycles. The second-order valence-electron chi connectivity index (χ2n) is 6.00. The highest BCUT2D eigenvalue weighted by atomic mass is 16.4. The second-order valence-corrected chi connectivity index (χ2v) is 6.00. The third kappa shape index (κ3) is 4.28. The lowest BCUT2D eigenvalue weighted by molar-refractivity contribution is -0.140. The van der Waals surface area contributed by atoms with Gasteiger partial charge in [0.2, 0.25) is 5.91 Å². The topological polar surface area (TPSA) is 79.3 Å². The summed E-state index contributed by atoms with van der Waals surface area (Å²) in [7, 11) is 0. The van der Waals surface area contributed by atoms with Gasteiger partial charge in [-0.2, -0.15) is 0 Å². The van der Waals surface area contributed by atoms with Gasteiger partial charge in [-0.3, -0.25) is 14.6 Å². The first-order valence-corrected chi connectivity index (χ1v) is 7.43. The van der Waals surface area contributed by atoms with E-state index in [2.05, 4.69) is 10.3 Å². The molecule has 114 valence electrons. The third-order valence-corrected chi connectivity index (χ3v) is 4.23. The molecule has 1 atom stereocenters. The molecule has 0 unspecified atom stereocenters. The molecule has 1 heterocycles. The molecular formula is C16H22N2O3. The molecule has 0 bridgehead atoms. The van der Waals surface area contributed by atoms with Crippen LogP contribution >= 0.6 is 0 Å². The van der Waals surface area contributed by atoms with Crippen LogP contribution in [0.25, 0.3) is 0 Å². The summed E-state index contributed by atoms with van der Waals surface area (Å²) in [6, 6.07) is 5.42. The van der Waals surface area contributed by atoms with Crippen LogP contribution in [0.3, 0.4) is 0 Å². The number of hydrogen-bond donors (Lipinski definition) is 2. The van der Waals surface area contributed by atoms with Gasteiger partial charge in [-0.05, 0) is 37.3 Å². The van der Waals surface area contributed by atoms with Crippen molar-refractivity contribution < 1.29 is 14.7 Å². The summed E-state index contributed by atoms with van der Waals surface area (Å²) in [4.78, 5) is 27.5. The number of nitrogens with zero attached hydrogens (tertiary/aromatic N) is 1. The van der Waals surface area contributed by atoms with Crippen molar-refractivity contribution >= 4 is 11.9 Å². The lowest BCUT2D eigenvalue weighted by atomic mass is 9.79. The van der Waals surface area contributed by atoms with Crippen LogP contribution in [-0.4, -0.2) is 22.0 Å². The van der Waals surface area contributed by atoms with Gasteiger partial charge < -0.3 is 10.4 Å². The van der Waals surface area contributed by atoms with Crippen LogP contribution in [-0.2, 0) is 9.59 Å². The fourth-order valence-electron chi connectivity index (χ4n) is 3.20. The van der Waals surface area contributed by atoms with Gasteiger partial charge in [0.05, 0.1) is 18.2 Å². The largest absolute Gasteiger partial charge is 0.481 e. The first kappa shape index (κ1) is 15.5. The summed E-state index contributed by atoms with van der Waals surface area (Å²) in [5.74, 6) is -0.904. The van der Waals surface area contributed by atoms with Crippen molar-refractivity contribution in [3.63, 3.8) is 0 Å². The van der Waals surface area contributed by atoms with E-state index in [1.165, 1.54) is 0 Å². The Kier molecular flexibility index (Phi) is 4.94. The molecule has 21 heavy (non-hydrogen) atoms. The van der Waals surface area contributed by atoms with Crippen LogP contribution in [0.5, 0.6) is 0 Å². The predicted molar refractivity (Wildman–Crippen MR) is 78.6 cm³/mol. The minimum absolute atomic E-state index is 0.0817. The van der Waals surface area contributed by atoms with Crippen LogP contribution in [0.1, 0.15) is 57.2 Å². The van der Waals surface area contributed by atoms with Crippen LogP contribution in [0, 0.1) is 5.41 Å². The minimum Gasteiger partial charge on any atom is -0.481 e. The summed E-state index contributed by atoms with van der Waals surface area (Å²) in [6.07, 6.45) is 5.73. The van der Waals surface area contributed by atoms with E-state index in [1.54, 1.807) is 6.20 Å². The Morgan fingerprint density at radius 2 is 2.05 bits per heavy atom. The van der Waals surface area contributed by atoms with Gasteiger partial charge in [0.15, 0.2) is 0 Å². The number of amides is 1. The normalized spacial score (nSPS) is 18.1. The van der Waals surface area contributed by atoms with Gasteiger partial charge in [-0.15, -0.1) is 0 Å². The van der Waals surface area contributed by atoms with Crippen molar-refractivity contribution in [1.82, 2.24) is 10.3 Å². The first-order chi connectivity index (χ1) is 10.0. The average Bonchev–Trinajstić information content (AvgIpc) is 2.86. The monoisotopic (exact) mass is 290 g/mol. The number of carboxylic acids is 1. The molecule has 1 aromatic rings. The number of carboxylic acid groups (broad SMARTS) is 1. The lowest BCUT2D eigenvalue weighted by Gasteiger charge is -2.27. The maximum Gasteiger partial charge on any atom is 0.303 e. The molecule has 1 aliphatic rings. The van der Waals surface area contributed by atoms with Gasteiger partial charge in [0, 0.05) is 12.6 Å². The quantitative estimate of drug-likeness (QED) is 0.844. The molecule has 1 amide bonds. The molecule has 0 aliphatic heterocycles. The van der Waals surface area contributed by atoms with E-state index < -0.39 is 5.97 Å². The first-order valence-electron chi connectivity index (χ1n) is 7.43. The van der Waals surface area contributed by atoms with Crippen molar-refractivity contribution in [2.45, 2.75) is 51.5 Å². The number of pyridine rings is 1. The number of nitrogens with one attached hydrogen (secondary N) is 1. The molecule has 0 saturated heterocycles. The smallest absolute Gasteiger partial charge is 0.303 e. The number of carbonyl (C=O) groups excluding carboxylic acids is 1. The highest BCUT2D eigenvalue weighted by molar-refractivity contribution is 5.78. The summed E-state index contributed by atoms with van der Waals surface area (Å²) >= 11 is 0. The Morgan fingerprint density at radius 3 is 2.62 bits per heavy atom. The van der Waals surface area contributed by atoms with E-state index in [1.807, 2.05) is 25.1 Å². The Labute approximate surface area is 124 Å². The van der Waals surface area contributed by atoms with Crippen LogP contribution in [0.4, 0.5) is 0 Å². The molecule has 1 aliphatic carbocycles. The predicted octanol–water partition coefficient (Wildman–Crippen LogP) is 2.68. The summed E-state index contributed by atoms with van der Waals surface area (Å²) in [5.41, 5.74) is 0.448. The zero-order chi connectivity index (χ0) is 15.3. The summed E-state index contributed by atoms with van der Waals surface area (Å²) < 4.78 is 0. The SMILES string of the molecule is C[C@@H](NC(=O)CC1(CC(=O)O)CCCC1)c1ccccn1. The molecule has 0 radical (unpaired) electrons. The Hall–Kier alpha value is -1.91. The van der Waals surface area contributed by atoms with Crippen molar-refractivity contribution in [1.29, 1.82) is 0 Å². The van der Waals surface area contributed by atoms with Crippen molar-refractivity contribution in [3.8, 4) is 0 Å². The number of rotatable bonds is 6. The Bertz CT molecular complexity index is 496. The highest BCUT2D eigenvalue weighted by Crippen LogP contribution is 2.44. The molecule has 2 rings (SSSR count). The Morgan fingerprint density at radius 1 is 1.33 bits per heavy atom. The van der Waals surface area contributed by atoms with Gasteiger partial charge in [0.25, 0.3) is 0 Å². The molecule has 1 fully saturated rings. The maximum atomic E-state index is 12.2. The van der Waals surface area contributed by atoms with E-state index in [4.69, 9.17) is 5.11 Å². The molecule has 5 heteroatoms. The van der Waals surface area contributed by atoms with E-state index in [9.17, 15) is 9.59 Å². The number of hydrogen-bond acceptors (Lipinski definition) is 3. The standard InChI is InChI=1S/C16H22N2O3/c1-12(13-6-2-5-9-17-13)18-14(19)10-16(11-15(20)21)7-3-4-8-16/h2,5-6,9,12H,3-4,7-8,10-11H2,1H3,(H,18,19)(H,20,21)/t12-/m1/s1. The van der Waals surface area contributed by atoms with E-state index >= 15 is 0 Å². The van der Waals surface area contributed by atoms with Gasteiger partial charge in [-0.1, -0.05) is 18.9 Å². The summed E-state index contributed by atoms with van der Waals surface area (Å²) in [6.45, 7) is 1.89. The van der Waals surface area contributed by atoms with E-state index in [0.29, 0.717) is 0 Å². The van der Waals surface area contributed by atoms with Crippen LogP contribution < -0.4 is 5.32 Å².